The molecule has 1 aliphatic heterocycles. The summed E-state index contributed by atoms with van der Waals surface area (Å²) in [5.41, 5.74) is 7.18. The largest absolute Gasteiger partial charge is 0.488 e. The van der Waals surface area contributed by atoms with Gasteiger partial charge in [-0.1, -0.05) is 18.2 Å². The standard InChI is InChI=1S/C22H24FN3O5/c1-25-16-7-3-5-13(20(16)23)12-31-18-8-4-6-14-15(18)11-26(22(14)29)17(21(24)28)9-10-19(27)30-2/h3-8,17,25H,9-12H2,1-2H3,(H2,24,28). The van der Waals surface area contributed by atoms with Crippen LogP contribution in [0.4, 0.5) is 10.1 Å². The summed E-state index contributed by atoms with van der Waals surface area (Å²) in [4.78, 5) is 37.7. The molecule has 1 unspecified atom stereocenters. The van der Waals surface area contributed by atoms with E-state index in [4.69, 9.17) is 10.5 Å². The van der Waals surface area contributed by atoms with Gasteiger partial charge in [-0.15, -0.1) is 0 Å². The first kappa shape index (κ1) is 22.1. The van der Waals surface area contributed by atoms with E-state index in [-0.39, 0.29) is 31.9 Å². The lowest BCUT2D eigenvalue weighted by atomic mass is 10.1. The summed E-state index contributed by atoms with van der Waals surface area (Å²) in [7, 11) is 2.87. The molecule has 31 heavy (non-hydrogen) atoms. The first-order valence-corrected chi connectivity index (χ1v) is 9.74. The van der Waals surface area contributed by atoms with Gasteiger partial charge in [0.25, 0.3) is 5.91 Å². The summed E-state index contributed by atoms with van der Waals surface area (Å²) < 4.78 is 24.9. The normalized spacial score (nSPS) is 13.5. The maximum atomic E-state index is 14.5. The highest BCUT2D eigenvalue weighted by molar-refractivity contribution is 6.01. The number of fused-ring (bicyclic) bond motifs is 1. The fraction of sp³-hybridized carbons (Fsp3) is 0.318. The van der Waals surface area contributed by atoms with Crippen LogP contribution in [-0.4, -0.2) is 42.9 Å². The van der Waals surface area contributed by atoms with Crippen LogP contribution in [0.15, 0.2) is 36.4 Å². The molecule has 1 atom stereocenters. The fourth-order valence-electron chi connectivity index (χ4n) is 3.56. The van der Waals surface area contributed by atoms with E-state index >= 15 is 0 Å². The molecule has 0 spiro atoms. The van der Waals surface area contributed by atoms with E-state index < -0.39 is 23.7 Å². The molecule has 0 fully saturated rings. The highest BCUT2D eigenvalue weighted by Crippen LogP contribution is 2.33. The molecule has 0 saturated carbocycles. The summed E-state index contributed by atoms with van der Waals surface area (Å²) >= 11 is 0. The first-order chi connectivity index (χ1) is 14.9. The third kappa shape index (κ3) is 4.60. The molecular weight excluding hydrogens is 405 g/mol. The Morgan fingerprint density at radius 2 is 2.00 bits per heavy atom. The number of rotatable bonds is 9. The van der Waals surface area contributed by atoms with Crippen molar-refractivity contribution in [3.8, 4) is 5.75 Å². The summed E-state index contributed by atoms with van der Waals surface area (Å²) in [5, 5.41) is 2.78. The Morgan fingerprint density at radius 3 is 2.68 bits per heavy atom. The summed E-state index contributed by atoms with van der Waals surface area (Å²) in [6.07, 6.45) is 0.00855. The zero-order chi connectivity index (χ0) is 22.5. The van der Waals surface area contributed by atoms with Gasteiger partial charge in [0, 0.05) is 30.2 Å². The van der Waals surface area contributed by atoms with Crippen LogP contribution in [0, 0.1) is 5.82 Å². The molecule has 3 N–H and O–H groups in total. The molecule has 0 aromatic heterocycles. The lowest BCUT2D eigenvalue weighted by molar-refractivity contribution is -0.141. The molecule has 2 amide bonds. The average Bonchev–Trinajstić information content (AvgIpc) is 3.09. The topological polar surface area (TPSA) is 111 Å². The monoisotopic (exact) mass is 429 g/mol. The summed E-state index contributed by atoms with van der Waals surface area (Å²) in [6, 6.07) is 8.96. The number of nitrogens with one attached hydrogen (secondary N) is 1. The van der Waals surface area contributed by atoms with Crippen LogP contribution in [0.2, 0.25) is 0 Å². The number of carbonyl (C=O) groups excluding carboxylic acids is 3. The number of hydrogen-bond donors (Lipinski definition) is 2. The number of benzene rings is 2. The minimum absolute atomic E-state index is 0.0341. The lowest BCUT2D eigenvalue weighted by Crippen LogP contribution is -2.45. The van der Waals surface area contributed by atoms with Crippen molar-refractivity contribution in [3.63, 3.8) is 0 Å². The number of ether oxygens (including phenoxy) is 2. The minimum atomic E-state index is -0.961. The van der Waals surface area contributed by atoms with Gasteiger partial charge in [0.1, 0.15) is 18.4 Å². The smallest absolute Gasteiger partial charge is 0.305 e. The maximum absolute atomic E-state index is 14.5. The average molecular weight is 429 g/mol. The van der Waals surface area contributed by atoms with Crippen molar-refractivity contribution in [2.75, 3.05) is 19.5 Å². The van der Waals surface area contributed by atoms with Crippen molar-refractivity contribution in [1.82, 2.24) is 4.90 Å². The van der Waals surface area contributed by atoms with Crippen molar-refractivity contribution in [1.29, 1.82) is 0 Å². The highest BCUT2D eigenvalue weighted by Gasteiger charge is 2.37. The number of carbonyl (C=O) groups is 3. The maximum Gasteiger partial charge on any atom is 0.305 e. The van der Waals surface area contributed by atoms with Crippen molar-refractivity contribution >= 4 is 23.5 Å². The second-order valence-corrected chi connectivity index (χ2v) is 7.07. The number of anilines is 1. The van der Waals surface area contributed by atoms with Gasteiger partial charge < -0.3 is 25.4 Å². The van der Waals surface area contributed by atoms with Gasteiger partial charge in [-0.25, -0.2) is 4.39 Å². The molecule has 1 heterocycles. The number of nitrogens with zero attached hydrogens (tertiary/aromatic N) is 1. The second-order valence-electron chi connectivity index (χ2n) is 7.07. The molecule has 164 valence electrons. The van der Waals surface area contributed by atoms with Crippen LogP contribution in [0.1, 0.15) is 34.3 Å². The van der Waals surface area contributed by atoms with Gasteiger partial charge >= 0.3 is 5.97 Å². The molecule has 9 heteroatoms. The van der Waals surface area contributed by atoms with Gasteiger partial charge in [-0.2, -0.15) is 0 Å². The Kier molecular flexibility index (Phi) is 6.74. The van der Waals surface area contributed by atoms with E-state index in [0.717, 1.165) is 0 Å². The molecule has 2 aromatic carbocycles. The quantitative estimate of drug-likeness (QED) is 0.592. The molecule has 8 nitrogen and oxygen atoms in total. The van der Waals surface area contributed by atoms with Crippen molar-refractivity contribution < 1.29 is 28.2 Å². The zero-order valence-corrected chi connectivity index (χ0v) is 17.3. The summed E-state index contributed by atoms with van der Waals surface area (Å²) in [5.74, 6) is -1.58. The SMILES string of the molecule is CNc1cccc(COc2cccc3c2CN(C(CCC(=O)OC)C(N)=O)C3=O)c1F. The van der Waals surface area contributed by atoms with Crippen molar-refractivity contribution in [3.05, 3.63) is 58.9 Å². The van der Waals surface area contributed by atoms with E-state index in [1.54, 1.807) is 43.4 Å². The highest BCUT2D eigenvalue weighted by atomic mass is 19.1. The Morgan fingerprint density at radius 1 is 1.26 bits per heavy atom. The number of primary amides is 1. The molecule has 0 radical (unpaired) electrons. The molecule has 3 rings (SSSR count). The number of hydrogen-bond acceptors (Lipinski definition) is 6. The van der Waals surface area contributed by atoms with Crippen molar-refractivity contribution in [2.24, 2.45) is 5.73 Å². The van der Waals surface area contributed by atoms with E-state index in [1.165, 1.54) is 12.0 Å². The first-order valence-electron chi connectivity index (χ1n) is 9.74. The van der Waals surface area contributed by atoms with E-state index in [0.29, 0.717) is 28.1 Å². The molecular formula is C22H24FN3O5. The van der Waals surface area contributed by atoms with E-state index in [2.05, 4.69) is 10.1 Å². The minimum Gasteiger partial charge on any atom is -0.488 e. The van der Waals surface area contributed by atoms with Gasteiger partial charge in [0.15, 0.2) is 5.82 Å². The molecule has 1 aliphatic rings. The van der Waals surface area contributed by atoms with E-state index in [1.807, 2.05) is 0 Å². The van der Waals surface area contributed by atoms with Crippen LogP contribution in [0.5, 0.6) is 5.75 Å². The molecule has 0 bridgehead atoms. The van der Waals surface area contributed by atoms with Crippen LogP contribution in [-0.2, 0) is 27.5 Å². The Bertz CT molecular complexity index is 1010. The number of methoxy groups -OCH3 is 1. The van der Waals surface area contributed by atoms with Crippen LogP contribution < -0.4 is 15.8 Å². The van der Waals surface area contributed by atoms with Gasteiger partial charge in [0.2, 0.25) is 5.91 Å². The van der Waals surface area contributed by atoms with Crippen LogP contribution in [0.25, 0.3) is 0 Å². The van der Waals surface area contributed by atoms with Gasteiger partial charge in [-0.3, -0.25) is 14.4 Å². The zero-order valence-electron chi connectivity index (χ0n) is 17.3. The van der Waals surface area contributed by atoms with Gasteiger partial charge in [0.05, 0.1) is 19.3 Å². The van der Waals surface area contributed by atoms with Crippen molar-refractivity contribution in [2.45, 2.75) is 32.0 Å². The van der Waals surface area contributed by atoms with Gasteiger partial charge in [-0.05, 0) is 24.6 Å². The Labute approximate surface area is 179 Å². The molecule has 0 saturated heterocycles. The predicted molar refractivity (Wildman–Crippen MR) is 111 cm³/mol. The number of halogens is 1. The predicted octanol–water partition coefficient (Wildman–Crippen LogP) is 2.21. The Hall–Kier alpha value is -3.62. The number of nitrogens with two attached hydrogens (primary N) is 1. The molecule has 2 aromatic rings. The lowest BCUT2D eigenvalue weighted by Gasteiger charge is -2.24. The second kappa shape index (κ2) is 9.46. The molecule has 0 aliphatic carbocycles. The Balaban J connectivity index is 1.79. The van der Waals surface area contributed by atoms with E-state index in [9.17, 15) is 18.8 Å². The summed E-state index contributed by atoms with van der Waals surface area (Å²) in [6.45, 7) is 0.0613. The third-order valence-electron chi connectivity index (χ3n) is 5.24. The fourth-order valence-corrected chi connectivity index (χ4v) is 3.56. The number of amides is 2. The van der Waals surface area contributed by atoms with Crippen LogP contribution in [0.3, 0.4) is 0 Å². The third-order valence-corrected chi connectivity index (χ3v) is 5.24. The van der Waals surface area contributed by atoms with Crippen LogP contribution >= 0.6 is 0 Å². The number of esters is 1.